The van der Waals surface area contributed by atoms with Gasteiger partial charge in [-0.15, -0.1) is 0 Å². The van der Waals surface area contributed by atoms with Crippen molar-refractivity contribution in [1.82, 2.24) is 10.7 Å². The number of hydrogen-bond donors (Lipinski definition) is 2. The third-order valence-corrected chi connectivity index (χ3v) is 3.81. The van der Waals surface area contributed by atoms with Gasteiger partial charge >= 0.3 is 11.8 Å². The van der Waals surface area contributed by atoms with E-state index in [2.05, 4.69) is 15.8 Å². The lowest BCUT2D eigenvalue weighted by atomic mass is 10.2. The topological polar surface area (TPSA) is 89.0 Å². The third kappa shape index (κ3) is 6.36. The first-order valence-electron chi connectivity index (χ1n) is 8.25. The van der Waals surface area contributed by atoms with Crippen LogP contribution < -0.4 is 15.5 Å². The monoisotopic (exact) mass is 367 g/mol. The van der Waals surface area contributed by atoms with Crippen LogP contribution >= 0.6 is 11.6 Å². The Bertz CT molecular complexity index is 630. The largest absolute Gasteiger partial charge is 0.492 e. The second-order valence-corrected chi connectivity index (χ2v) is 5.99. The molecule has 0 saturated carbocycles. The molecule has 1 atom stereocenters. The Morgan fingerprint density at radius 1 is 1.44 bits per heavy atom. The summed E-state index contributed by atoms with van der Waals surface area (Å²) in [5, 5.41) is 6.74. The van der Waals surface area contributed by atoms with E-state index in [4.69, 9.17) is 21.1 Å². The molecule has 1 heterocycles. The highest BCUT2D eigenvalue weighted by atomic mass is 35.5. The molecule has 1 saturated heterocycles. The summed E-state index contributed by atoms with van der Waals surface area (Å²) in [5.74, 6) is -0.976. The predicted molar refractivity (Wildman–Crippen MR) is 95.0 cm³/mol. The van der Waals surface area contributed by atoms with Gasteiger partial charge in [0, 0.05) is 13.2 Å². The highest BCUT2D eigenvalue weighted by Crippen LogP contribution is 2.24. The number of benzene rings is 1. The summed E-state index contributed by atoms with van der Waals surface area (Å²) in [7, 11) is 0. The number of nitrogens with zero attached hydrogens (tertiary/aromatic N) is 1. The fourth-order valence-corrected chi connectivity index (χ4v) is 2.48. The van der Waals surface area contributed by atoms with Crippen molar-refractivity contribution in [3.05, 3.63) is 28.8 Å². The molecule has 0 bridgehead atoms. The second-order valence-electron chi connectivity index (χ2n) is 5.58. The van der Waals surface area contributed by atoms with Crippen molar-refractivity contribution >= 4 is 29.6 Å². The van der Waals surface area contributed by atoms with E-state index in [0.29, 0.717) is 36.1 Å². The molecular formula is C17H22ClN3O4. The van der Waals surface area contributed by atoms with Gasteiger partial charge in [0.2, 0.25) is 0 Å². The molecule has 0 radical (unpaired) electrons. The van der Waals surface area contributed by atoms with Crippen molar-refractivity contribution in [1.29, 1.82) is 0 Å². The number of nitrogens with one attached hydrogen (secondary N) is 2. The molecular weight excluding hydrogens is 346 g/mol. The quantitative estimate of drug-likeness (QED) is 0.437. The van der Waals surface area contributed by atoms with Gasteiger partial charge in [0.05, 0.1) is 23.9 Å². The van der Waals surface area contributed by atoms with Gasteiger partial charge in [-0.3, -0.25) is 9.59 Å². The number of rotatable bonds is 7. The van der Waals surface area contributed by atoms with Crippen LogP contribution in [-0.2, 0) is 14.3 Å². The zero-order chi connectivity index (χ0) is 18.1. The van der Waals surface area contributed by atoms with Crippen LogP contribution in [-0.4, -0.2) is 43.9 Å². The standard InChI is InChI=1S/C17H22ClN3O4/c1-2-7-25-15-6-5-12(9-14(15)18)10-20-21-17(23)16(22)19-11-13-4-3-8-24-13/h5-6,9-10,13H,2-4,7-8,11H2,1H3,(H,19,22)(H,21,23)/b20-10-/t13-/m0/s1. The van der Waals surface area contributed by atoms with E-state index in [1.807, 2.05) is 6.92 Å². The van der Waals surface area contributed by atoms with Gasteiger partial charge in [-0.05, 0) is 43.0 Å². The molecule has 0 aliphatic carbocycles. The molecule has 2 amide bonds. The number of hydrogen-bond acceptors (Lipinski definition) is 5. The van der Waals surface area contributed by atoms with Crippen LogP contribution in [0, 0.1) is 0 Å². The van der Waals surface area contributed by atoms with Gasteiger partial charge in [-0.25, -0.2) is 5.43 Å². The normalized spacial score (nSPS) is 16.8. The fourth-order valence-electron chi connectivity index (χ4n) is 2.23. The van der Waals surface area contributed by atoms with E-state index < -0.39 is 11.8 Å². The van der Waals surface area contributed by atoms with E-state index in [1.54, 1.807) is 18.2 Å². The lowest BCUT2D eigenvalue weighted by molar-refractivity contribution is -0.139. The Balaban J connectivity index is 1.78. The van der Waals surface area contributed by atoms with Gasteiger partial charge in [0.25, 0.3) is 0 Å². The summed E-state index contributed by atoms with van der Waals surface area (Å²) < 4.78 is 10.8. The Kier molecular flexibility index (Phi) is 7.69. The Labute approximate surface area is 151 Å². The van der Waals surface area contributed by atoms with Crippen molar-refractivity contribution in [2.24, 2.45) is 5.10 Å². The van der Waals surface area contributed by atoms with E-state index in [0.717, 1.165) is 19.3 Å². The van der Waals surface area contributed by atoms with Gasteiger partial charge in [0.1, 0.15) is 5.75 Å². The number of halogens is 1. The number of carbonyl (C=O) groups is 2. The second kappa shape index (κ2) is 10.0. The summed E-state index contributed by atoms with van der Waals surface area (Å²) in [4.78, 5) is 23.3. The van der Waals surface area contributed by atoms with Crippen LogP contribution in [0.15, 0.2) is 23.3 Å². The minimum absolute atomic E-state index is 0.0177. The van der Waals surface area contributed by atoms with Crippen LogP contribution in [0.1, 0.15) is 31.7 Å². The summed E-state index contributed by atoms with van der Waals surface area (Å²) in [5.41, 5.74) is 2.85. The number of amides is 2. The first-order chi connectivity index (χ1) is 12.1. The fraction of sp³-hybridized carbons (Fsp3) is 0.471. The van der Waals surface area contributed by atoms with Crippen LogP contribution in [0.25, 0.3) is 0 Å². The maximum Gasteiger partial charge on any atom is 0.329 e. The maximum absolute atomic E-state index is 11.7. The van der Waals surface area contributed by atoms with Crippen molar-refractivity contribution in [3.63, 3.8) is 0 Å². The SMILES string of the molecule is CCCOc1ccc(/C=N\NC(=O)C(=O)NC[C@@H]2CCCO2)cc1Cl. The molecule has 8 heteroatoms. The average molecular weight is 368 g/mol. The Hall–Kier alpha value is -2.12. The minimum atomic E-state index is -0.830. The lowest BCUT2D eigenvalue weighted by Gasteiger charge is -2.09. The molecule has 1 aromatic carbocycles. The Morgan fingerprint density at radius 2 is 2.28 bits per heavy atom. The summed E-state index contributed by atoms with van der Waals surface area (Å²) >= 11 is 6.11. The highest BCUT2D eigenvalue weighted by Gasteiger charge is 2.18. The molecule has 1 aliphatic heterocycles. The van der Waals surface area contributed by atoms with Gasteiger partial charge < -0.3 is 14.8 Å². The molecule has 0 unspecified atom stereocenters. The summed E-state index contributed by atoms with van der Waals surface area (Å²) in [6, 6.07) is 5.15. The predicted octanol–water partition coefficient (Wildman–Crippen LogP) is 1.87. The Morgan fingerprint density at radius 3 is 2.96 bits per heavy atom. The molecule has 7 nitrogen and oxygen atoms in total. The first kappa shape index (κ1) is 19.2. The molecule has 1 fully saturated rings. The average Bonchev–Trinajstić information content (AvgIpc) is 3.12. The molecule has 2 rings (SSSR count). The zero-order valence-corrected chi connectivity index (χ0v) is 14.8. The lowest BCUT2D eigenvalue weighted by Crippen LogP contribution is -2.41. The third-order valence-electron chi connectivity index (χ3n) is 3.52. The van der Waals surface area contributed by atoms with E-state index in [1.165, 1.54) is 6.21 Å². The van der Waals surface area contributed by atoms with Crippen LogP contribution in [0.4, 0.5) is 0 Å². The molecule has 25 heavy (non-hydrogen) atoms. The number of hydrazone groups is 1. The highest BCUT2D eigenvalue weighted by molar-refractivity contribution is 6.35. The van der Waals surface area contributed by atoms with Crippen molar-refractivity contribution in [2.45, 2.75) is 32.3 Å². The van der Waals surface area contributed by atoms with Crippen molar-refractivity contribution in [2.75, 3.05) is 19.8 Å². The summed E-state index contributed by atoms with van der Waals surface area (Å²) in [6.45, 7) is 3.62. The van der Waals surface area contributed by atoms with Crippen molar-refractivity contribution in [3.8, 4) is 5.75 Å². The number of carbonyl (C=O) groups excluding carboxylic acids is 2. The minimum Gasteiger partial charge on any atom is -0.492 e. The molecule has 2 N–H and O–H groups in total. The smallest absolute Gasteiger partial charge is 0.329 e. The maximum atomic E-state index is 11.7. The molecule has 136 valence electrons. The van der Waals surface area contributed by atoms with E-state index in [9.17, 15) is 9.59 Å². The zero-order valence-electron chi connectivity index (χ0n) is 14.1. The van der Waals surface area contributed by atoms with Gasteiger partial charge in [-0.1, -0.05) is 18.5 Å². The van der Waals surface area contributed by atoms with Gasteiger partial charge in [0.15, 0.2) is 0 Å². The molecule has 1 aliphatic rings. The summed E-state index contributed by atoms with van der Waals surface area (Å²) in [6.07, 6.45) is 4.14. The van der Waals surface area contributed by atoms with Crippen LogP contribution in [0.2, 0.25) is 5.02 Å². The number of ether oxygens (including phenoxy) is 2. The molecule has 0 aromatic heterocycles. The molecule has 1 aromatic rings. The van der Waals surface area contributed by atoms with E-state index in [-0.39, 0.29) is 6.10 Å². The van der Waals surface area contributed by atoms with Crippen LogP contribution in [0.3, 0.4) is 0 Å². The van der Waals surface area contributed by atoms with E-state index >= 15 is 0 Å². The van der Waals surface area contributed by atoms with Crippen LogP contribution in [0.5, 0.6) is 5.75 Å². The van der Waals surface area contributed by atoms with Gasteiger partial charge in [-0.2, -0.15) is 5.10 Å². The van der Waals surface area contributed by atoms with Crippen molar-refractivity contribution < 1.29 is 19.1 Å². The molecule has 0 spiro atoms. The first-order valence-corrected chi connectivity index (χ1v) is 8.63.